The monoisotopic (exact) mass is 319 g/mol. The van der Waals surface area contributed by atoms with E-state index in [0.717, 1.165) is 6.42 Å². The van der Waals surface area contributed by atoms with Gasteiger partial charge in [0, 0.05) is 22.7 Å². The molecule has 94 valence electrons. The van der Waals surface area contributed by atoms with Crippen LogP contribution in [0.3, 0.4) is 0 Å². The summed E-state index contributed by atoms with van der Waals surface area (Å²) in [4.78, 5) is 11.8. The van der Waals surface area contributed by atoms with Gasteiger partial charge in [-0.15, -0.1) is 0 Å². The third-order valence-electron chi connectivity index (χ3n) is 2.35. The van der Waals surface area contributed by atoms with E-state index in [4.69, 9.17) is 16.7 Å². The highest BCUT2D eigenvalue weighted by atomic mass is 79.9. The second kappa shape index (κ2) is 6.99. The van der Waals surface area contributed by atoms with E-state index in [1.807, 2.05) is 6.92 Å². The molecule has 1 rings (SSSR count). The molecule has 0 aliphatic carbocycles. The molecule has 1 atom stereocenters. The maximum atomic E-state index is 11.8. The summed E-state index contributed by atoms with van der Waals surface area (Å²) in [7, 11) is 0. The fourth-order valence-corrected chi connectivity index (χ4v) is 1.91. The van der Waals surface area contributed by atoms with Gasteiger partial charge < -0.3 is 10.4 Å². The fourth-order valence-electron chi connectivity index (χ4n) is 1.41. The van der Waals surface area contributed by atoms with E-state index in [2.05, 4.69) is 21.2 Å². The van der Waals surface area contributed by atoms with Gasteiger partial charge in [-0.25, -0.2) is 0 Å². The Morgan fingerprint density at radius 3 is 2.88 bits per heavy atom. The lowest BCUT2D eigenvalue weighted by Gasteiger charge is -2.13. The van der Waals surface area contributed by atoms with Crippen LogP contribution in [0.1, 0.15) is 30.1 Å². The molecule has 1 unspecified atom stereocenters. The minimum atomic E-state index is -0.132. The zero-order chi connectivity index (χ0) is 12.8. The summed E-state index contributed by atoms with van der Waals surface area (Å²) < 4.78 is 0.704. The van der Waals surface area contributed by atoms with Crippen molar-refractivity contribution in [2.24, 2.45) is 0 Å². The van der Waals surface area contributed by atoms with Crippen molar-refractivity contribution in [3.63, 3.8) is 0 Å². The number of aliphatic hydroxyl groups is 1. The number of halogens is 2. The van der Waals surface area contributed by atoms with Gasteiger partial charge in [0.05, 0.1) is 5.02 Å². The Morgan fingerprint density at radius 2 is 2.29 bits per heavy atom. The van der Waals surface area contributed by atoms with Crippen LogP contribution >= 0.6 is 27.5 Å². The summed E-state index contributed by atoms with van der Waals surface area (Å²) >= 11 is 9.13. The lowest BCUT2D eigenvalue weighted by molar-refractivity contribution is 0.0936. The van der Waals surface area contributed by atoms with Gasteiger partial charge in [-0.1, -0.05) is 11.6 Å². The van der Waals surface area contributed by atoms with Gasteiger partial charge in [0.2, 0.25) is 0 Å². The van der Waals surface area contributed by atoms with Crippen molar-refractivity contribution < 1.29 is 9.90 Å². The molecular formula is C12H15BrClNO2. The standard InChI is InChI=1S/C12H15BrClNO2/c1-8(3-2-6-16)15-12(17)9-4-5-11(14)10(13)7-9/h4-5,7-8,16H,2-3,6H2,1H3,(H,15,17). The Morgan fingerprint density at radius 1 is 1.59 bits per heavy atom. The van der Waals surface area contributed by atoms with Gasteiger partial charge in [-0.2, -0.15) is 0 Å². The predicted molar refractivity (Wildman–Crippen MR) is 72.4 cm³/mol. The maximum absolute atomic E-state index is 11.8. The Kier molecular flexibility index (Phi) is 5.95. The summed E-state index contributed by atoms with van der Waals surface area (Å²) in [5.41, 5.74) is 0.567. The van der Waals surface area contributed by atoms with Crippen LogP contribution in [0.15, 0.2) is 22.7 Å². The van der Waals surface area contributed by atoms with Crippen molar-refractivity contribution in [2.45, 2.75) is 25.8 Å². The van der Waals surface area contributed by atoms with Crippen LogP contribution < -0.4 is 5.32 Å². The molecule has 3 nitrogen and oxygen atoms in total. The normalized spacial score (nSPS) is 12.2. The third kappa shape index (κ3) is 4.66. The molecule has 5 heteroatoms. The Balaban J connectivity index is 2.60. The van der Waals surface area contributed by atoms with Gasteiger partial charge >= 0.3 is 0 Å². The molecule has 0 aliphatic rings. The fraction of sp³-hybridized carbons (Fsp3) is 0.417. The minimum Gasteiger partial charge on any atom is -0.396 e. The molecule has 17 heavy (non-hydrogen) atoms. The second-order valence-electron chi connectivity index (χ2n) is 3.87. The van der Waals surface area contributed by atoms with Crippen LogP contribution in [0, 0.1) is 0 Å². The molecular weight excluding hydrogens is 305 g/mol. The topological polar surface area (TPSA) is 49.3 Å². The zero-order valence-corrected chi connectivity index (χ0v) is 11.9. The van der Waals surface area contributed by atoms with Crippen LogP contribution in [0.2, 0.25) is 5.02 Å². The summed E-state index contributed by atoms with van der Waals surface area (Å²) in [6.07, 6.45) is 1.45. The highest BCUT2D eigenvalue weighted by molar-refractivity contribution is 9.10. The number of aliphatic hydroxyl groups excluding tert-OH is 1. The molecule has 1 aromatic rings. The van der Waals surface area contributed by atoms with Gasteiger partial charge in [-0.05, 0) is 53.9 Å². The largest absolute Gasteiger partial charge is 0.396 e. The molecule has 0 spiro atoms. The first-order valence-corrected chi connectivity index (χ1v) is 6.58. The Hall–Kier alpha value is -0.580. The Bertz CT molecular complexity index is 398. The van der Waals surface area contributed by atoms with Gasteiger partial charge in [0.1, 0.15) is 0 Å². The van der Waals surface area contributed by atoms with Gasteiger partial charge in [-0.3, -0.25) is 4.79 Å². The molecule has 0 fully saturated rings. The third-order valence-corrected chi connectivity index (χ3v) is 3.57. The van der Waals surface area contributed by atoms with E-state index < -0.39 is 0 Å². The summed E-state index contributed by atoms with van der Waals surface area (Å²) in [6, 6.07) is 5.10. The number of hydrogen-bond acceptors (Lipinski definition) is 2. The first kappa shape index (κ1) is 14.5. The summed E-state index contributed by atoms with van der Waals surface area (Å²) in [5.74, 6) is -0.132. The number of benzene rings is 1. The lowest BCUT2D eigenvalue weighted by atomic mass is 10.1. The summed E-state index contributed by atoms with van der Waals surface area (Å²) in [5, 5.41) is 12.1. The average Bonchev–Trinajstić information content (AvgIpc) is 2.30. The van der Waals surface area contributed by atoms with Crippen LogP contribution in [0.5, 0.6) is 0 Å². The quantitative estimate of drug-likeness (QED) is 0.876. The SMILES string of the molecule is CC(CCCO)NC(=O)c1ccc(Cl)c(Br)c1. The summed E-state index contributed by atoms with van der Waals surface area (Å²) in [6.45, 7) is 2.06. The second-order valence-corrected chi connectivity index (χ2v) is 5.13. The van der Waals surface area contributed by atoms with E-state index in [9.17, 15) is 4.79 Å². The van der Waals surface area contributed by atoms with Gasteiger partial charge in [0.15, 0.2) is 0 Å². The smallest absolute Gasteiger partial charge is 0.251 e. The van der Waals surface area contributed by atoms with Crippen molar-refractivity contribution in [1.29, 1.82) is 0 Å². The van der Waals surface area contributed by atoms with Crippen molar-refractivity contribution in [1.82, 2.24) is 5.32 Å². The molecule has 1 aromatic carbocycles. The first-order chi connectivity index (χ1) is 8.04. The van der Waals surface area contributed by atoms with E-state index in [1.54, 1.807) is 18.2 Å². The van der Waals surface area contributed by atoms with Crippen molar-refractivity contribution in [3.05, 3.63) is 33.3 Å². The number of amides is 1. The lowest BCUT2D eigenvalue weighted by Crippen LogP contribution is -2.32. The number of rotatable bonds is 5. The average molecular weight is 321 g/mol. The van der Waals surface area contributed by atoms with Crippen molar-refractivity contribution >= 4 is 33.4 Å². The molecule has 1 amide bonds. The van der Waals surface area contributed by atoms with Crippen LogP contribution in [0.25, 0.3) is 0 Å². The Labute approximate surface area is 114 Å². The number of nitrogens with one attached hydrogen (secondary N) is 1. The minimum absolute atomic E-state index is 0.0455. The maximum Gasteiger partial charge on any atom is 0.251 e. The molecule has 0 aliphatic heterocycles. The number of carbonyl (C=O) groups excluding carboxylic acids is 1. The highest BCUT2D eigenvalue weighted by Crippen LogP contribution is 2.23. The molecule has 0 aromatic heterocycles. The molecule has 2 N–H and O–H groups in total. The molecule has 0 saturated carbocycles. The van der Waals surface area contributed by atoms with Crippen LogP contribution in [-0.4, -0.2) is 23.7 Å². The highest BCUT2D eigenvalue weighted by Gasteiger charge is 2.10. The van der Waals surface area contributed by atoms with Crippen molar-refractivity contribution in [3.8, 4) is 0 Å². The molecule has 0 heterocycles. The molecule has 0 bridgehead atoms. The van der Waals surface area contributed by atoms with E-state index in [-0.39, 0.29) is 18.6 Å². The van der Waals surface area contributed by atoms with Crippen LogP contribution in [0.4, 0.5) is 0 Å². The van der Waals surface area contributed by atoms with Crippen LogP contribution in [-0.2, 0) is 0 Å². The van der Waals surface area contributed by atoms with E-state index >= 15 is 0 Å². The number of hydrogen-bond donors (Lipinski definition) is 2. The first-order valence-electron chi connectivity index (χ1n) is 5.41. The van der Waals surface area contributed by atoms with Crippen molar-refractivity contribution in [2.75, 3.05) is 6.61 Å². The van der Waals surface area contributed by atoms with E-state index in [0.29, 0.717) is 21.5 Å². The van der Waals surface area contributed by atoms with E-state index in [1.165, 1.54) is 0 Å². The molecule has 0 radical (unpaired) electrons. The molecule has 0 saturated heterocycles. The number of carbonyl (C=O) groups is 1. The van der Waals surface area contributed by atoms with Gasteiger partial charge in [0.25, 0.3) is 5.91 Å². The zero-order valence-electron chi connectivity index (χ0n) is 9.54. The predicted octanol–water partition coefficient (Wildman–Crippen LogP) is 2.99.